The van der Waals surface area contributed by atoms with Gasteiger partial charge in [-0.1, -0.05) is 47.8 Å². The molecule has 1 unspecified atom stereocenters. The highest BCUT2D eigenvalue weighted by Crippen LogP contribution is 2.46. The standard InChI is InChI=1S/C19H18Cl2F3N5O2S/c20-11-5-10(6-12(21)7-11)18(19(22,23)24)8-14(26-29-18)16-27-28-17(31-16)32-9-15(30)25-13-3-1-2-4-13/h5-7,13,29H,1-4,8-9H2,(H,25,30). The van der Waals surface area contributed by atoms with Crippen molar-refractivity contribution in [2.75, 3.05) is 5.75 Å². The number of benzene rings is 1. The first-order chi connectivity index (χ1) is 15.2. The highest BCUT2D eigenvalue weighted by Gasteiger charge is 2.60. The van der Waals surface area contributed by atoms with E-state index in [0.29, 0.717) is 0 Å². The quantitative estimate of drug-likeness (QED) is 0.551. The lowest BCUT2D eigenvalue weighted by atomic mass is 9.85. The van der Waals surface area contributed by atoms with Gasteiger partial charge in [-0.05, 0) is 36.6 Å². The Balaban J connectivity index is 1.45. The molecule has 0 spiro atoms. The second-order valence-corrected chi connectivity index (χ2v) is 9.42. The molecule has 1 aliphatic carbocycles. The van der Waals surface area contributed by atoms with Crippen LogP contribution < -0.4 is 10.7 Å². The first-order valence-electron chi connectivity index (χ1n) is 9.79. The van der Waals surface area contributed by atoms with E-state index in [-0.39, 0.29) is 50.1 Å². The summed E-state index contributed by atoms with van der Waals surface area (Å²) in [5.41, 5.74) is -0.609. The van der Waals surface area contributed by atoms with Crippen LogP contribution in [0.5, 0.6) is 0 Å². The van der Waals surface area contributed by atoms with Gasteiger partial charge in [0, 0.05) is 22.5 Å². The number of amides is 1. The molecule has 1 atom stereocenters. The maximum Gasteiger partial charge on any atom is 0.417 e. The van der Waals surface area contributed by atoms with Gasteiger partial charge >= 0.3 is 6.18 Å². The van der Waals surface area contributed by atoms with Crippen LogP contribution >= 0.6 is 35.0 Å². The number of alkyl halides is 3. The Labute approximate surface area is 195 Å². The number of carbonyl (C=O) groups excluding carboxylic acids is 1. The fourth-order valence-corrected chi connectivity index (χ4v) is 4.86. The van der Waals surface area contributed by atoms with Gasteiger partial charge in [-0.25, -0.2) is 0 Å². The molecule has 1 aliphatic heterocycles. The summed E-state index contributed by atoms with van der Waals surface area (Å²) < 4.78 is 47.7. The average molecular weight is 508 g/mol. The number of aromatic nitrogens is 2. The van der Waals surface area contributed by atoms with Crippen molar-refractivity contribution >= 4 is 46.6 Å². The Hall–Kier alpha value is -1.98. The molecule has 1 fully saturated rings. The van der Waals surface area contributed by atoms with E-state index in [1.165, 1.54) is 18.2 Å². The van der Waals surface area contributed by atoms with E-state index >= 15 is 0 Å². The van der Waals surface area contributed by atoms with Crippen molar-refractivity contribution in [1.29, 1.82) is 0 Å². The molecule has 4 rings (SSSR count). The number of hydrogen-bond acceptors (Lipinski definition) is 7. The summed E-state index contributed by atoms with van der Waals surface area (Å²) in [6.45, 7) is 0. The molecule has 0 saturated heterocycles. The predicted octanol–water partition coefficient (Wildman–Crippen LogP) is 4.68. The summed E-state index contributed by atoms with van der Waals surface area (Å²) in [6, 6.07) is 3.91. The molecular weight excluding hydrogens is 490 g/mol. The maximum absolute atomic E-state index is 14.1. The largest absolute Gasteiger partial charge is 0.417 e. The molecule has 2 heterocycles. The van der Waals surface area contributed by atoms with Crippen LogP contribution in [-0.4, -0.2) is 39.8 Å². The van der Waals surface area contributed by atoms with Gasteiger partial charge in [-0.2, -0.15) is 18.3 Å². The third kappa shape index (κ3) is 4.84. The van der Waals surface area contributed by atoms with Crippen molar-refractivity contribution in [1.82, 2.24) is 20.9 Å². The number of halogens is 5. The summed E-state index contributed by atoms with van der Waals surface area (Å²) >= 11 is 12.8. The molecule has 32 heavy (non-hydrogen) atoms. The number of nitrogens with one attached hydrogen (secondary N) is 2. The number of hydrogen-bond donors (Lipinski definition) is 2. The van der Waals surface area contributed by atoms with E-state index in [0.717, 1.165) is 37.4 Å². The summed E-state index contributed by atoms with van der Waals surface area (Å²) in [6.07, 6.45) is -1.19. The molecule has 1 aromatic carbocycles. The molecule has 2 aliphatic rings. The van der Waals surface area contributed by atoms with Crippen molar-refractivity contribution in [3.8, 4) is 0 Å². The smallest absolute Gasteiger partial charge is 0.410 e. The highest BCUT2D eigenvalue weighted by molar-refractivity contribution is 7.99. The Bertz CT molecular complexity index is 1020. The van der Waals surface area contributed by atoms with E-state index in [1.54, 1.807) is 0 Å². The van der Waals surface area contributed by atoms with Crippen LogP contribution in [0.2, 0.25) is 10.0 Å². The molecule has 1 amide bonds. The van der Waals surface area contributed by atoms with Gasteiger partial charge in [0.05, 0.1) is 5.75 Å². The molecule has 2 aromatic rings. The van der Waals surface area contributed by atoms with Crippen LogP contribution in [-0.2, 0) is 10.3 Å². The Kier molecular flexibility index (Phi) is 6.60. The molecule has 1 aromatic heterocycles. The zero-order valence-corrected chi connectivity index (χ0v) is 18.8. The summed E-state index contributed by atoms with van der Waals surface area (Å²) in [5.74, 6) is -0.248. The normalized spacial score (nSPS) is 21.5. The number of carbonyl (C=O) groups is 1. The lowest BCUT2D eigenvalue weighted by Crippen LogP contribution is -2.49. The number of rotatable bonds is 6. The molecular formula is C19H18Cl2F3N5O2S. The first kappa shape index (κ1) is 23.2. The van der Waals surface area contributed by atoms with E-state index in [9.17, 15) is 18.0 Å². The van der Waals surface area contributed by atoms with Crippen molar-refractivity contribution in [2.24, 2.45) is 5.10 Å². The van der Waals surface area contributed by atoms with Crippen molar-refractivity contribution in [3.63, 3.8) is 0 Å². The van der Waals surface area contributed by atoms with E-state index in [2.05, 4.69) is 26.0 Å². The molecule has 13 heteroatoms. The number of nitrogens with zero attached hydrogens (tertiary/aromatic N) is 3. The molecule has 0 bridgehead atoms. The summed E-state index contributed by atoms with van der Waals surface area (Å²) in [5, 5.41) is 14.6. The van der Waals surface area contributed by atoms with Gasteiger partial charge in [0.25, 0.3) is 11.1 Å². The summed E-state index contributed by atoms with van der Waals surface area (Å²) in [7, 11) is 0. The third-order valence-electron chi connectivity index (χ3n) is 5.35. The number of hydrazone groups is 1. The van der Waals surface area contributed by atoms with E-state index < -0.39 is 18.1 Å². The lowest BCUT2D eigenvalue weighted by molar-refractivity contribution is -0.196. The van der Waals surface area contributed by atoms with Crippen LogP contribution in [0.1, 0.15) is 43.6 Å². The minimum atomic E-state index is -4.72. The van der Waals surface area contributed by atoms with Crippen LogP contribution in [0.25, 0.3) is 0 Å². The Morgan fingerprint density at radius 3 is 2.56 bits per heavy atom. The van der Waals surface area contributed by atoms with Crippen LogP contribution in [0.15, 0.2) is 32.9 Å². The average Bonchev–Trinajstić information content (AvgIpc) is 3.45. The van der Waals surface area contributed by atoms with Gasteiger partial charge in [0.1, 0.15) is 5.71 Å². The third-order valence-corrected chi connectivity index (χ3v) is 6.61. The van der Waals surface area contributed by atoms with Gasteiger partial charge in [0.15, 0.2) is 5.54 Å². The van der Waals surface area contributed by atoms with Gasteiger partial charge < -0.3 is 9.73 Å². The molecule has 0 radical (unpaired) electrons. The van der Waals surface area contributed by atoms with Gasteiger partial charge in [0.2, 0.25) is 5.91 Å². The van der Waals surface area contributed by atoms with Crippen LogP contribution in [0.3, 0.4) is 0 Å². The minimum absolute atomic E-state index is 0.0619. The second-order valence-electron chi connectivity index (χ2n) is 7.62. The van der Waals surface area contributed by atoms with Crippen LogP contribution in [0, 0.1) is 0 Å². The SMILES string of the molecule is O=C(CSc1nnc(C2=NNC(c3cc(Cl)cc(Cl)c3)(C(F)(F)F)C2)o1)NC1CCCC1. The fraction of sp³-hybridized carbons (Fsp3) is 0.474. The van der Waals surface area contributed by atoms with E-state index in [4.69, 9.17) is 27.6 Å². The van der Waals surface area contributed by atoms with E-state index in [1.807, 2.05) is 0 Å². The van der Waals surface area contributed by atoms with Crippen LogP contribution in [0.4, 0.5) is 13.2 Å². The van der Waals surface area contributed by atoms with Gasteiger partial charge in [-0.15, -0.1) is 10.2 Å². The zero-order chi connectivity index (χ0) is 22.9. The maximum atomic E-state index is 14.1. The topological polar surface area (TPSA) is 92.4 Å². The highest BCUT2D eigenvalue weighted by atomic mass is 35.5. The second kappa shape index (κ2) is 9.11. The molecule has 2 N–H and O–H groups in total. The number of thioether (sulfide) groups is 1. The predicted molar refractivity (Wildman–Crippen MR) is 114 cm³/mol. The fourth-order valence-electron chi connectivity index (χ4n) is 3.76. The Morgan fingerprint density at radius 1 is 1.22 bits per heavy atom. The lowest BCUT2D eigenvalue weighted by Gasteiger charge is -2.31. The monoisotopic (exact) mass is 507 g/mol. The first-order valence-corrected chi connectivity index (χ1v) is 11.5. The van der Waals surface area contributed by atoms with Gasteiger partial charge in [-0.3, -0.25) is 10.2 Å². The van der Waals surface area contributed by atoms with Crippen molar-refractivity contribution in [2.45, 2.75) is 55.1 Å². The minimum Gasteiger partial charge on any atom is -0.410 e. The molecule has 172 valence electrons. The molecule has 1 saturated carbocycles. The zero-order valence-electron chi connectivity index (χ0n) is 16.5. The Morgan fingerprint density at radius 2 is 1.91 bits per heavy atom. The van der Waals surface area contributed by atoms with Crippen molar-refractivity contribution in [3.05, 3.63) is 39.7 Å². The van der Waals surface area contributed by atoms with Crippen molar-refractivity contribution < 1.29 is 22.4 Å². The molecule has 7 nitrogen and oxygen atoms in total. The summed E-state index contributed by atoms with van der Waals surface area (Å²) in [4.78, 5) is 12.0.